The van der Waals surface area contributed by atoms with Crippen LogP contribution in [0.25, 0.3) is 0 Å². The van der Waals surface area contributed by atoms with Gasteiger partial charge in [0.05, 0.1) is 24.1 Å². The van der Waals surface area contributed by atoms with Crippen molar-refractivity contribution in [3.63, 3.8) is 0 Å². The lowest BCUT2D eigenvalue weighted by Crippen LogP contribution is -2.02. The monoisotopic (exact) mass is 276 g/mol. The SMILES string of the molecule is CCc1c(Br)cc(CC#N)c(CC)c1C#N. The van der Waals surface area contributed by atoms with Crippen molar-refractivity contribution in [2.75, 3.05) is 0 Å². The summed E-state index contributed by atoms with van der Waals surface area (Å²) >= 11 is 3.47. The van der Waals surface area contributed by atoms with E-state index in [2.05, 4.69) is 28.1 Å². The number of halogens is 1. The molecule has 0 heterocycles. The lowest BCUT2D eigenvalue weighted by molar-refractivity contribution is 1.02. The van der Waals surface area contributed by atoms with E-state index < -0.39 is 0 Å². The first-order chi connectivity index (χ1) is 7.69. The van der Waals surface area contributed by atoms with Crippen LogP contribution in [-0.2, 0) is 19.3 Å². The Kier molecular flexibility index (Phi) is 4.52. The van der Waals surface area contributed by atoms with Crippen molar-refractivity contribution in [3.8, 4) is 12.1 Å². The average Bonchev–Trinajstić information content (AvgIpc) is 2.28. The molecule has 0 bridgehead atoms. The molecule has 0 fully saturated rings. The maximum atomic E-state index is 9.22. The second-order valence-corrected chi connectivity index (χ2v) is 4.36. The van der Waals surface area contributed by atoms with Gasteiger partial charge in [0.2, 0.25) is 0 Å². The zero-order chi connectivity index (χ0) is 12.1. The summed E-state index contributed by atoms with van der Waals surface area (Å²) in [6, 6.07) is 6.38. The van der Waals surface area contributed by atoms with Gasteiger partial charge in [-0.1, -0.05) is 29.8 Å². The minimum atomic E-state index is 0.362. The molecule has 0 aromatic heterocycles. The topological polar surface area (TPSA) is 47.6 Å². The van der Waals surface area contributed by atoms with E-state index in [0.29, 0.717) is 6.42 Å². The number of nitrogens with zero attached hydrogens (tertiary/aromatic N) is 2. The molecule has 0 radical (unpaired) electrons. The molecule has 0 unspecified atom stereocenters. The van der Waals surface area contributed by atoms with Gasteiger partial charge < -0.3 is 0 Å². The van der Waals surface area contributed by atoms with Crippen LogP contribution in [0.5, 0.6) is 0 Å². The molecule has 1 aromatic rings. The van der Waals surface area contributed by atoms with Gasteiger partial charge in [-0.2, -0.15) is 10.5 Å². The van der Waals surface area contributed by atoms with Crippen molar-refractivity contribution in [3.05, 3.63) is 32.8 Å². The van der Waals surface area contributed by atoms with E-state index in [1.807, 2.05) is 19.9 Å². The Bertz CT molecular complexity index is 478. The minimum absolute atomic E-state index is 0.362. The highest BCUT2D eigenvalue weighted by Gasteiger charge is 2.14. The van der Waals surface area contributed by atoms with Crippen LogP contribution in [0.1, 0.15) is 36.1 Å². The molecule has 0 N–H and O–H groups in total. The molecular formula is C13H13BrN2. The third kappa shape index (κ3) is 2.26. The van der Waals surface area contributed by atoms with Crippen LogP contribution in [0.4, 0.5) is 0 Å². The molecule has 0 saturated heterocycles. The highest BCUT2D eigenvalue weighted by molar-refractivity contribution is 9.10. The molecule has 1 rings (SSSR count). The molecule has 0 amide bonds. The minimum Gasteiger partial charge on any atom is -0.198 e. The Morgan fingerprint density at radius 1 is 1.19 bits per heavy atom. The van der Waals surface area contributed by atoms with Gasteiger partial charge in [-0.15, -0.1) is 0 Å². The summed E-state index contributed by atoms with van der Waals surface area (Å²) < 4.78 is 0.939. The fraction of sp³-hybridized carbons (Fsp3) is 0.385. The van der Waals surface area contributed by atoms with Crippen LogP contribution in [0.15, 0.2) is 10.5 Å². The maximum Gasteiger partial charge on any atom is 0.0997 e. The largest absolute Gasteiger partial charge is 0.198 e. The van der Waals surface area contributed by atoms with Gasteiger partial charge >= 0.3 is 0 Å². The quantitative estimate of drug-likeness (QED) is 0.848. The van der Waals surface area contributed by atoms with E-state index in [-0.39, 0.29) is 0 Å². The number of nitriles is 2. The smallest absolute Gasteiger partial charge is 0.0997 e. The van der Waals surface area contributed by atoms with Gasteiger partial charge in [-0.05, 0) is 35.6 Å². The molecule has 16 heavy (non-hydrogen) atoms. The van der Waals surface area contributed by atoms with Crippen molar-refractivity contribution in [2.24, 2.45) is 0 Å². The first kappa shape index (κ1) is 12.7. The Hall–Kier alpha value is -1.32. The Labute approximate surface area is 105 Å². The second-order valence-electron chi connectivity index (χ2n) is 3.50. The first-order valence-electron chi connectivity index (χ1n) is 5.29. The number of hydrogen-bond acceptors (Lipinski definition) is 2. The second kappa shape index (κ2) is 5.68. The van der Waals surface area contributed by atoms with Crippen LogP contribution in [0.2, 0.25) is 0 Å². The van der Waals surface area contributed by atoms with Crippen LogP contribution in [0, 0.1) is 22.7 Å². The molecular weight excluding hydrogens is 264 g/mol. The van der Waals surface area contributed by atoms with E-state index in [1.165, 1.54) is 0 Å². The standard InChI is InChI=1S/C13H13BrN2/c1-3-10-9(5-6-15)7-13(14)11(4-2)12(10)8-16/h7H,3-5H2,1-2H3. The summed E-state index contributed by atoms with van der Waals surface area (Å²) in [5.74, 6) is 0. The highest BCUT2D eigenvalue weighted by atomic mass is 79.9. The van der Waals surface area contributed by atoms with Gasteiger partial charge in [-0.25, -0.2) is 0 Å². The summed E-state index contributed by atoms with van der Waals surface area (Å²) in [5.41, 5.74) is 3.76. The van der Waals surface area contributed by atoms with Crippen molar-refractivity contribution in [1.82, 2.24) is 0 Å². The lowest BCUT2D eigenvalue weighted by atomic mass is 9.92. The van der Waals surface area contributed by atoms with Crippen molar-refractivity contribution >= 4 is 15.9 Å². The third-order valence-electron chi connectivity index (χ3n) is 2.67. The van der Waals surface area contributed by atoms with Crippen LogP contribution >= 0.6 is 15.9 Å². The van der Waals surface area contributed by atoms with Crippen LogP contribution in [-0.4, -0.2) is 0 Å². The van der Waals surface area contributed by atoms with Gasteiger partial charge in [0.25, 0.3) is 0 Å². The average molecular weight is 277 g/mol. The summed E-state index contributed by atoms with van der Waals surface area (Å²) in [7, 11) is 0. The Balaban J connectivity index is 3.53. The third-order valence-corrected chi connectivity index (χ3v) is 3.38. The predicted molar refractivity (Wildman–Crippen MR) is 66.9 cm³/mol. The number of hydrogen-bond donors (Lipinski definition) is 0. The van der Waals surface area contributed by atoms with E-state index in [4.69, 9.17) is 5.26 Å². The van der Waals surface area contributed by atoms with E-state index >= 15 is 0 Å². The molecule has 1 aromatic carbocycles. The van der Waals surface area contributed by atoms with E-state index in [9.17, 15) is 5.26 Å². The molecule has 0 aliphatic heterocycles. The van der Waals surface area contributed by atoms with Gasteiger partial charge in [-0.3, -0.25) is 0 Å². The van der Waals surface area contributed by atoms with Gasteiger partial charge in [0.15, 0.2) is 0 Å². The maximum absolute atomic E-state index is 9.22. The molecule has 82 valence electrons. The van der Waals surface area contributed by atoms with Gasteiger partial charge in [0, 0.05) is 4.47 Å². The number of benzene rings is 1. The zero-order valence-electron chi connectivity index (χ0n) is 9.47. The lowest BCUT2D eigenvalue weighted by Gasteiger charge is -2.13. The highest BCUT2D eigenvalue weighted by Crippen LogP contribution is 2.28. The molecule has 0 aliphatic carbocycles. The molecule has 0 saturated carbocycles. The van der Waals surface area contributed by atoms with Crippen LogP contribution in [0.3, 0.4) is 0 Å². The molecule has 3 heteroatoms. The summed E-state index contributed by atoms with van der Waals surface area (Å²) in [5, 5.41) is 18.0. The molecule has 2 nitrogen and oxygen atoms in total. The predicted octanol–water partition coefficient (Wildman–Crippen LogP) is 3.51. The van der Waals surface area contributed by atoms with Crippen molar-refractivity contribution < 1.29 is 0 Å². The summed E-state index contributed by atoms with van der Waals surface area (Å²) in [6.07, 6.45) is 1.98. The van der Waals surface area contributed by atoms with Crippen molar-refractivity contribution in [1.29, 1.82) is 10.5 Å². The van der Waals surface area contributed by atoms with Gasteiger partial charge in [0.1, 0.15) is 0 Å². The van der Waals surface area contributed by atoms with E-state index in [0.717, 1.165) is 39.6 Å². The zero-order valence-corrected chi connectivity index (χ0v) is 11.1. The van der Waals surface area contributed by atoms with E-state index in [1.54, 1.807) is 0 Å². The molecule has 0 aliphatic rings. The summed E-state index contributed by atoms with van der Waals surface area (Å²) in [4.78, 5) is 0. The fourth-order valence-corrected chi connectivity index (χ4v) is 2.67. The van der Waals surface area contributed by atoms with Crippen molar-refractivity contribution in [2.45, 2.75) is 33.1 Å². The fourth-order valence-electron chi connectivity index (χ4n) is 1.92. The van der Waals surface area contributed by atoms with Crippen LogP contribution < -0.4 is 0 Å². The number of rotatable bonds is 3. The molecule has 0 spiro atoms. The Morgan fingerprint density at radius 3 is 2.25 bits per heavy atom. The first-order valence-corrected chi connectivity index (χ1v) is 6.08. The summed E-state index contributed by atoms with van der Waals surface area (Å²) in [6.45, 7) is 4.05. The normalized spacial score (nSPS) is 9.56. The Morgan fingerprint density at radius 2 is 1.81 bits per heavy atom. The molecule has 0 atom stereocenters.